The van der Waals surface area contributed by atoms with Gasteiger partial charge in [-0.1, -0.05) is 0 Å². The average Bonchev–Trinajstić information content (AvgIpc) is 1.59. The summed E-state index contributed by atoms with van der Waals surface area (Å²) in [6, 6.07) is -0.740. The van der Waals surface area contributed by atoms with E-state index in [0.717, 1.165) is 0 Å². The van der Waals surface area contributed by atoms with Crippen molar-refractivity contribution >= 4 is 17.8 Å². The Bertz CT molecular complexity index is 146. The second-order valence-electron chi connectivity index (χ2n) is 1.60. The van der Waals surface area contributed by atoms with Gasteiger partial charge in [-0.05, 0) is 0 Å². The van der Waals surface area contributed by atoms with E-state index in [1.54, 1.807) is 0 Å². The number of imide groups is 2. The van der Waals surface area contributed by atoms with Crippen LogP contribution in [0.15, 0.2) is 0 Å². The van der Waals surface area contributed by atoms with E-state index in [0.29, 0.717) is 0 Å². The maximum atomic E-state index is 10.3. The van der Waals surface area contributed by atoms with Crippen LogP contribution in [0.1, 0.15) is 6.42 Å². The molecule has 10 heavy (non-hydrogen) atoms. The van der Waals surface area contributed by atoms with Gasteiger partial charge in [0.1, 0.15) is 6.42 Å². The second kappa shape index (κ2) is 3.70. The van der Waals surface area contributed by atoms with E-state index in [9.17, 15) is 14.4 Å². The number of hydrogen-bond donors (Lipinski definition) is 2. The molecule has 0 spiro atoms. The first-order chi connectivity index (χ1) is 4.18. The number of amides is 4. The summed E-state index contributed by atoms with van der Waals surface area (Å²) in [6.07, 6.45) is -0.258. The molecule has 1 saturated heterocycles. The molecule has 1 rings (SSSR count). The maximum absolute atomic E-state index is 10.3. The molecule has 48 valence electrons. The Kier molecular flexibility index (Phi) is 3.55. The van der Waals surface area contributed by atoms with Crippen LogP contribution in [0.4, 0.5) is 4.79 Å². The van der Waals surface area contributed by atoms with Gasteiger partial charge in [-0.25, -0.2) is 4.79 Å². The molecule has 0 bridgehead atoms. The average molecular weight is 151 g/mol. The monoisotopic (exact) mass is 151 g/mol. The molecule has 0 unspecified atom stereocenters. The Hall–Kier alpha value is -0.390. The molecule has 2 N–H and O–H groups in total. The third-order valence-electron chi connectivity index (χ3n) is 0.827. The molecule has 5 nitrogen and oxygen atoms in total. The van der Waals surface area contributed by atoms with Gasteiger partial charge < -0.3 is 0 Å². The van der Waals surface area contributed by atoms with Crippen LogP contribution in [0, 0.1) is 0 Å². The van der Waals surface area contributed by atoms with E-state index >= 15 is 0 Å². The van der Waals surface area contributed by atoms with Gasteiger partial charge >= 0.3 is 35.6 Å². The summed E-state index contributed by atoms with van der Waals surface area (Å²) < 4.78 is 0. The minimum atomic E-state index is -0.740. The molecule has 0 aromatic rings. The molecule has 6 heteroatoms. The van der Waals surface area contributed by atoms with Crippen LogP contribution in [0.3, 0.4) is 0 Å². The summed E-state index contributed by atoms with van der Waals surface area (Å²) in [5.74, 6) is -1.10. The predicted molar refractivity (Wildman–Crippen MR) is 26.3 cm³/mol. The first kappa shape index (κ1) is 9.61. The third kappa shape index (κ3) is 2.47. The van der Waals surface area contributed by atoms with E-state index in [1.165, 1.54) is 0 Å². The van der Waals surface area contributed by atoms with Crippen LogP contribution in [-0.2, 0) is 9.59 Å². The van der Waals surface area contributed by atoms with Crippen molar-refractivity contribution < 1.29 is 43.9 Å². The number of rotatable bonds is 0. The van der Waals surface area contributed by atoms with Crippen LogP contribution < -0.4 is 40.2 Å². The topological polar surface area (TPSA) is 75.3 Å². The van der Waals surface area contributed by atoms with E-state index < -0.39 is 17.8 Å². The Morgan fingerprint density at radius 1 is 1.00 bits per heavy atom. The van der Waals surface area contributed by atoms with Crippen molar-refractivity contribution in [2.24, 2.45) is 0 Å². The summed E-state index contributed by atoms with van der Waals surface area (Å²) in [6.45, 7) is 0. The number of carbonyl (C=O) groups excluding carboxylic acids is 3. The molecular weight excluding hydrogens is 147 g/mol. The molecule has 1 aliphatic heterocycles. The van der Waals surface area contributed by atoms with Gasteiger partial charge in [0.15, 0.2) is 0 Å². The van der Waals surface area contributed by atoms with Crippen molar-refractivity contribution in [3.05, 3.63) is 0 Å². The summed E-state index contributed by atoms with van der Waals surface area (Å²) >= 11 is 0. The number of barbiturate groups is 1. The fourth-order valence-corrected chi connectivity index (χ4v) is 0.519. The zero-order chi connectivity index (χ0) is 6.85. The standard InChI is InChI=1S/C4H4N2O3.Na/c7-2-1-3(8)6-4(9)5-2;/h1H2,(H2,5,6,7,8,9);/q;+1. The van der Waals surface area contributed by atoms with Gasteiger partial charge in [0, 0.05) is 0 Å². The molecule has 0 saturated carbocycles. The van der Waals surface area contributed by atoms with E-state index in [-0.39, 0.29) is 36.0 Å². The maximum Gasteiger partial charge on any atom is 1.00 e. The number of nitrogens with one attached hydrogen (secondary N) is 2. The van der Waals surface area contributed by atoms with Crippen LogP contribution in [-0.4, -0.2) is 17.8 Å². The molecule has 0 aromatic carbocycles. The van der Waals surface area contributed by atoms with Crippen molar-refractivity contribution in [1.29, 1.82) is 0 Å². The Morgan fingerprint density at radius 3 is 1.70 bits per heavy atom. The van der Waals surface area contributed by atoms with Crippen molar-refractivity contribution in [3.63, 3.8) is 0 Å². The minimum absolute atomic E-state index is 0. The fraction of sp³-hybridized carbons (Fsp3) is 0.250. The van der Waals surface area contributed by atoms with Gasteiger partial charge in [-0.2, -0.15) is 0 Å². The summed E-state index contributed by atoms with van der Waals surface area (Å²) in [4.78, 5) is 30.8. The van der Waals surface area contributed by atoms with Crippen LogP contribution in [0.2, 0.25) is 0 Å². The van der Waals surface area contributed by atoms with Gasteiger partial charge in [0.25, 0.3) is 0 Å². The first-order valence-electron chi connectivity index (χ1n) is 2.32. The van der Waals surface area contributed by atoms with Gasteiger partial charge in [0.05, 0.1) is 0 Å². The Morgan fingerprint density at radius 2 is 1.40 bits per heavy atom. The minimum Gasteiger partial charge on any atom is -0.277 e. The molecule has 4 amide bonds. The number of hydrogen-bond acceptors (Lipinski definition) is 3. The Balaban J connectivity index is 0.000000810. The third-order valence-corrected chi connectivity index (χ3v) is 0.827. The van der Waals surface area contributed by atoms with E-state index in [4.69, 9.17) is 0 Å². The largest absolute Gasteiger partial charge is 1.00 e. The van der Waals surface area contributed by atoms with Gasteiger partial charge in [-0.3, -0.25) is 20.2 Å². The molecule has 0 radical (unpaired) electrons. The van der Waals surface area contributed by atoms with Gasteiger partial charge in [0.2, 0.25) is 11.8 Å². The molecule has 0 aliphatic carbocycles. The molecule has 1 heterocycles. The summed E-state index contributed by atoms with van der Waals surface area (Å²) in [5.41, 5.74) is 0. The fourth-order valence-electron chi connectivity index (χ4n) is 0.519. The van der Waals surface area contributed by atoms with Crippen molar-refractivity contribution in [2.75, 3.05) is 0 Å². The predicted octanol–water partition coefficient (Wildman–Crippen LogP) is -4.25. The quantitative estimate of drug-likeness (QED) is 0.272. The van der Waals surface area contributed by atoms with Crippen molar-refractivity contribution in [1.82, 2.24) is 10.6 Å². The first-order valence-corrected chi connectivity index (χ1v) is 2.32. The van der Waals surface area contributed by atoms with Gasteiger partial charge in [-0.15, -0.1) is 0 Å². The van der Waals surface area contributed by atoms with E-state index in [1.807, 2.05) is 10.6 Å². The SMILES string of the molecule is O=C1CC(=O)NC(=O)N1.[Na+]. The van der Waals surface area contributed by atoms with Crippen molar-refractivity contribution in [3.8, 4) is 0 Å². The zero-order valence-corrected chi connectivity index (χ0v) is 7.43. The summed E-state index contributed by atoms with van der Waals surface area (Å²) in [7, 11) is 0. The molecule has 0 aromatic heterocycles. The number of carbonyl (C=O) groups is 3. The van der Waals surface area contributed by atoms with Crippen LogP contribution >= 0.6 is 0 Å². The second-order valence-corrected chi connectivity index (χ2v) is 1.60. The normalized spacial score (nSPS) is 17.0. The zero-order valence-electron chi connectivity index (χ0n) is 5.43. The van der Waals surface area contributed by atoms with E-state index in [2.05, 4.69) is 0 Å². The number of urea groups is 1. The Labute approximate surface area is 78.8 Å². The van der Waals surface area contributed by atoms with Crippen molar-refractivity contribution in [2.45, 2.75) is 6.42 Å². The van der Waals surface area contributed by atoms with Crippen LogP contribution in [0.25, 0.3) is 0 Å². The molecule has 1 fully saturated rings. The smallest absolute Gasteiger partial charge is 0.277 e. The summed E-state index contributed by atoms with van der Waals surface area (Å²) in [5, 5.41) is 3.80. The van der Waals surface area contributed by atoms with Crippen LogP contribution in [0.5, 0.6) is 0 Å². The molecule has 0 atom stereocenters. The molecule has 1 aliphatic rings. The molecular formula is C4H4N2NaO3+.